The third-order valence-corrected chi connectivity index (χ3v) is 6.26. The molecule has 0 spiro atoms. The van der Waals surface area contributed by atoms with E-state index in [-0.39, 0.29) is 0 Å². The normalized spacial score (nSPS) is 24.5. The summed E-state index contributed by atoms with van der Waals surface area (Å²) in [6, 6.07) is 0. The number of aliphatic imine (C=N–C) groups is 1. The Labute approximate surface area is 158 Å². The zero-order chi connectivity index (χ0) is 18.2. The Kier molecular flexibility index (Phi) is 7.59. The Balaban J connectivity index is 1.35. The summed E-state index contributed by atoms with van der Waals surface area (Å²) < 4.78 is 0. The van der Waals surface area contributed by atoms with Crippen molar-refractivity contribution in [2.24, 2.45) is 16.6 Å². The maximum Gasteiger partial charge on any atom is 0.225 e. The molecule has 6 nitrogen and oxygen atoms in total. The number of hydrogen-bond acceptors (Lipinski definition) is 3. The van der Waals surface area contributed by atoms with Crippen LogP contribution in [0.5, 0.6) is 0 Å². The van der Waals surface area contributed by atoms with Crippen molar-refractivity contribution in [3.8, 4) is 0 Å². The van der Waals surface area contributed by atoms with Gasteiger partial charge in [-0.05, 0) is 25.7 Å². The first-order chi connectivity index (χ1) is 12.7. The fourth-order valence-corrected chi connectivity index (χ4v) is 4.51. The van der Waals surface area contributed by atoms with E-state index < -0.39 is 0 Å². The van der Waals surface area contributed by atoms with Crippen molar-refractivity contribution in [2.75, 3.05) is 52.4 Å². The van der Waals surface area contributed by atoms with E-state index in [1.807, 2.05) is 0 Å². The second kappa shape index (κ2) is 10.1. The topological polar surface area (TPSA) is 65.2 Å². The van der Waals surface area contributed by atoms with Crippen LogP contribution < -0.4 is 5.73 Å². The number of carbonyl (C=O) groups excluding carboxylic acids is 1. The van der Waals surface area contributed by atoms with E-state index in [1.165, 1.54) is 44.9 Å². The molecule has 0 unspecified atom stereocenters. The van der Waals surface area contributed by atoms with Crippen LogP contribution in [0.2, 0.25) is 0 Å². The molecule has 1 amide bonds. The lowest BCUT2D eigenvalue weighted by Gasteiger charge is -2.37. The first-order valence-electron chi connectivity index (χ1n) is 10.8. The molecule has 26 heavy (non-hydrogen) atoms. The Morgan fingerprint density at radius 1 is 0.808 bits per heavy atom. The van der Waals surface area contributed by atoms with Gasteiger partial charge in [0.25, 0.3) is 0 Å². The summed E-state index contributed by atoms with van der Waals surface area (Å²) in [7, 11) is 0. The summed E-state index contributed by atoms with van der Waals surface area (Å²) in [4.78, 5) is 24.0. The lowest BCUT2D eigenvalue weighted by molar-refractivity contribution is -0.138. The molecule has 148 valence electrons. The van der Waals surface area contributed by atoms with Crippen LogP contribution >= 0.6 is 0 Å². The van der Waals surface area contributed by atoms with Gasteiger partial charge in [0.15, 0.2) is 5.96 Å². The summed E-state index contributed by atoms with van der Waals surface area (Å²) >= 11 is 0. The molecule has 3 rings (SSSR count). The van der Waals surface area contributed by atoms with Crippen molar-refractivity contribution >= 4 is 11.9 Å². The van der Waals surface area contributed by atoms with Crippen molar-refractivity contribution in [1.82, 2.24) is 14.7 Å². The van der Waals surface area contributed by atoms with Crippen LogP contribution in [0.3, 0.4) is 0 Å². The lowest BCUT2D eigenvalue weighted by Crippen LogP contribution is -2.51. The van der Waals surface area contributed by atoms with Gasteiger partial charge in [-0.15, -0.1) is 0 Å². The van der Waals surface area contributed by atoms with Crippen molar-refractivity contribution in [1.29, 1.82) is 0 Å². The molecule has 2 aliphatic heterocycles. The average molecular weight is 364 g/mol. The average Bonchev–Trinajstić information content (AvgIpc) is 2.98. The van der Waals surface area contributed by atoms with Crippen molar-refractivity contribution in [3.05, 3.63) is 0 Å². The molecule has 0 aromatic carbocycles. The van der Waals surface area contributed by atoms with Gasteiger partial charge in [-0.2, -0.15) is 0 Å². The predicted octanol–water partition coefficient (Wildman–Crippen LogP) is 1.90. The highest BCUT2D eigenvalue weighted by atomic mass is 16.2. The van der Waals surface area contributed by atoms with Crippen LogP contribution in [-0.4, -0.2) is 78.9 Å². The Morgan fingerprint density at radius 3 is 2.08 bits per heavy atom. The standard InChI is InChI=1S/C20H37N5O/c21-20(25-11-6-1-2-7-12-25)22-10-13-23-14-16-24(17-15-23)19(26)18-8-4-3-5-9-18/h18H,1-17H2,(H2,21,22). The minimum atomic E-state index is 0.299. The molecule has 3 fully saturated rings. The molecule has 0 aromatic heterocycles. The molecule has 0 atom stereocenters. The number of piperazine rings is 1. The zero-order valence-corrected chi connectivity index (χ0v) is 16.4. The number of likely N-dealkylation sites (tertiary alicyclic amines) is 1. The molecule has 0 aromatic rings. The van der Waals surface area contributed by atoms with Gasteiger partial charge in [0.1, 0.15) is 0 Å². The summed E-state index contributed by atoms with van der Waals surface area (Å²) in [5.41, 5.74) is 6.18. The fraction of sp³-hybridized carbons (Fsp3) is 0.900. The quantitative estimate of drug-likeness (QED) is 0.612. The van der Waals surface area contributed by atoms with Gasteiger partial charge in [-0.3, -0.25) is 14.7 Å². The SMILES string of the molecule is NC(=NCCN1CCN(C(=O)C2CCCCC2)CC1)N1CCCCCC1. The highest BCUT2D eigenvalue weighted by molar-refractivity contribution is 5.79. The molecule has 2 heterocycles. The first-order valence-corrected chi connectivity index (χ1v) is 10.8. The summed E-state index contributed by atoms with van der Waals surface area (Å²) in [6.07, 6.45) is 11.0. The fourth-order valence-electron chi connectivity index (χ4n) is 4.51. The van der Waals surface area contributed by atoms with E-state index in [0.29, 0.717) is 11.8 Å². The number of guanidine groups is 1. The van der Waals surface area contributed by atoms with E-state index >= 15 is 0 Å². The lowest BCUT2D eigenvalue weighted by atomic mass is 9.88. The Morgan fingerprint density at radius 2 is 1.42 bits per heavy atom. The third-order valence-electron chi connectivity index (χ3n) is 6.26. The molecular formula is C20H37N5O. The maximum absolute atomic E-state index is 12.6. The summed E-state index contributed by atoms with van der Waals surface area (Å²) in [5, 5.41) is 0. The second-order valence-corrected chi connectivity index (χ2v) is 8.14. The first kappa shape index (κ1) is 19.5. The van der Waals surface area contributed by atoms with Crippen molar-refractivity contribution < 1.29 is 4.79 Å². The molecule has 1 aliphatic carbocycles. The molecule has 2 N–H and O–H groups in total. The van der Waals surface area contributed by atoms with Crippen molar-refractivity contribution in [2.45, 2.75) is 57.8 Å². The number of hydrogen-bond donors (Lipinski definition) is 1. The number of nitrogens with two attached hydrogens (primary N) is 1. The predicted molar refractivity (Wildman–Crippen MR) is 106 cm³/mol. The van der Waals surface area contributed by atoms with E-state index in [2.05, 4.69) is 19.7 Å². The number of carbonyl (C=O) groups is 1. The van der Waals surface area contributed by atoms with Crippen LogP contribution in [0, 0.1) is 5.92 Å². The van der Waals surface area contributed by atoms with Gasteiger partial charge in [0.05, 0.1) is 6.54 Å². The summed E-state index contributed by atoms with van der Waals surface area (Å²) in [5.74, 6) is 1.43. The van der Waals surface area contributed by atoms with E-state index in [1.54, 1.807) is 0 Å². The molecule has 6 heteroatoms. The molecule has 2 saturated heterocycles. The smallest absolute Gasteiger partial charge is 0.225 e. The van der Waals surface area contributed by atoms with Crippen LogP contribution in [0.4, 0.5) is 0 Å². The maximum atomic E-state index is 12.6. The minimum Gasteiger partial charge on any atom is -0.370 e. The molecule has 1 saturated carbocycles. The highest BCUT2D eigenvalue weighted by Gasteiger charge is 2.28. The van der Waals surface area contributed by atoms with Crippen LogP contribution in [0.1, 0.15) is 57.8 Å². The van der Waals surface area contributed by atoms with Gasteiger partial charge in [-0.1, -0.05) is 32.1 Å². The molecule has 3 aliphatic rings. The van der Waals surface area contributed by atoms with Crippen LogP contribution in [-0.2, 0) is 4.79 Å². The highest BCUT2D eigenvalue weighted by Crippen LogP contribution is 2.25. The number of nitrogens with zero attached hydrogens (tertiary/aromatic N) is 4. The largest absolute Gasteiger partial charge is 0.370 e. The van der Waals surface area contributed by atoms with Gasteiger partial charge in [0, 0.05) is 51.7 Å². The van der Waals surface area contributed by atoms with E-state index in [4.69, 9.17) is 5.73 Å². The van der Waals surface area contributed by atoms with Crippen LogP contribution in [0.15, 0.2) is 4.99 Å². The number of amides is 1. The molecular weight excluding hydrogens is 326 g/mol. The van der Waals surface area contributed by atoms with E-state index in [9.17, 15) is 4.79 Å². The zero-order valence-electron chi connectivity index (χ0n) is 16.4. The van der Waals surface area contributed by atoms with Gasteiger partial charge >= 0.3 is 0 Å². The minimum absolute atomic E-state index is 0.299. The van der Waals surface area contributed by atoms with Gasteiger partial charge < -0.3 is 15.5 Å². The molecule has 0 bridgehead atoms. The molecule has 0 radical (unpaired) electrons. The summed E-state index contributed by atoms with van der Waals surface area (Å²) in [6.45, 7) is 7.50. The third kappa shape index (κ3) is 5.60. The van der Waals surface area contributed by atoms with Gasteiger partial charge in [0.2, 0.25) is 5.91 Å². The van der Waals surface area contributed by atoms with Gasteiger partial charge in [-0.25, -0.2) is 0 Å². The second-order valence-electron chi connectivity index (χ2n) is 8.14. The van der Waals surface area contributed by atoms with Crippen molar-refractivity contribution in [3.63, 3.8) is 0 Å². The van der Waals surface area contributed by atoms with Crippen LogP contribution in [0.25, 0.3) is 0 Å². The Bertz CT molecular complexity index is 459. The Hall–Kier alpha value is -1.30. The number of rotatable bonds is 4. The monoisotopic (exact) mass is 363 g/mol. The van der Waals surface area contributed by atoms with E-state index in [0.717, 1.165) is 71.2 Å².